The van der Waals surface area contributed by atoms with Crippen molar-refractivity contribution < 1.29 is 51.3 Å². The van der Waals surface area contributed by atoms with E-state index in [1.165, 1.54) is 52.7 Å². The molecule has 1 fully saturated rings. The lowest BCUT2D eigenvalue weighted by Crippen LogP contribution is -2.39. The molecule has 0 radical (unpaired) electrons. The number of aryl methyl sites for hydroxylation is 1. The number of alkyl halides is 3. The summed E-state index contributed by atoms with van der Waals surface area (Å²) in [7, 11) is 0. The fourth-order valence-electron chi connectivity index (χ4n) is 5.46. The van der Waals surface area contributed by atoms with Gasteiger partial charge in [0.1, 0.15) is 22.6 Å². The molecule has 2 heterocycles. The molecule has 4 amide bonds. The van der Waals surface area contributed by atoms with E-state index in [4.69, 9.17) is 14.2 Å². The molecule has 56 heavy (non-hydrogen) atoms. The van der Waals surface area contributed by atoms with Gasteiger partial charge in [-0.3, -0.25) is 14.7 Å². The van der Waals surface area contributed by atoms with Crippen LogP contribution in [0.4, 0.5) is 33.2 Å². The van der Waals surface area contributed by atoms with Crippen LogP contribution in [0.1, 0.15) is 108 Å². The number of hydrogen-bond donors (Lipinski definition) is 1. The number of pyridine rings is 1. The van der Waals surface area contributed by atoms with Crippen molar-refractivity contribution in [3.05, 3.63) is 89.2 Å². The van der Waals surface area contributed by atoms with Gasteiger partial charge in [-0.2, -0.15) is 0 Å². The van der Waals surface area contributed by atoms with Crippen molar-refractivity contribution in [2.24, 2.45) is 0 Å². The second kappa shape index (κ2) is 18.5. The van der Waals surface area contributed by atoms with Crippen LogP contribution in [0.3, 0.4) is 0 Å². The normalized spacial score (nSPS) is 13.8. The molecule has 0 aliphatic carbocycles. The maximum absolute atomic E-state index is 13.4. The molecule has 0 atom stereocenters. The Kier molecular flexibility index (Phi) is 14.9. The Morgan fingerprint density at radius 3 is 1.84 bits per heavy atom. The number of imide groups is 1. The van der Waals surface area contributed by atoms with Crippen LogP contribution in [0.2, 0.25) is 0 Å². The number of amides is 4. The third kappa shape index (κ3) is 16.2. The number of rotatable bonds is 6. The van der Waals surface area contributed by atoms with E-state index in [0.29, 0.717) is 35.8 Å². The fourth-order valence-corrected chi connectivity index (χ4v) is 5.46. The molecule has 1 N–H and O–H groups in total. The van der Waals surface area contributed by atoms with E-state index >= 15 is 0 Å². The lowest BCUT2D eigenvalue weighted by Gasteiger charge is -2.32. The van der Waals surface area contributed by atoms with Gasteiger partial charge in [0.05, 0.1) is 24.0 Å². The topological polar surface area (TPSA) is 137 Å². The molecule has 0 spiro atoms. The molecule has 1 saturated heterocycles. The van der Waals surface area contributed by atoms with Gasteiger partial charge < -0.3 is 23.8 Å². The summed E-state index contributed by atoms with van der Waals surface area (Å²) in [6.07, 6.45) is -2.49. The van der Waals surface area contributed by atoms with Gasteiger partial charge in [0.2, 0.25) is 0 Å². The standard InChI is InChI=1S/C31H34F3N3O4.C10H19NO4/c1-21-6-5-7-24(16-21)23-12-14-36(15-13-23)28(38)25-17-26(19-35-18-25)37(29(39)41-30(2,3)4)20-22-8-10-27(11-9-22)40-31(32,33)34;1-9(2,3)14-7(12)11-8(13)15-10(4,5)6/h5-11,16-19,23H,12-15,20H2,1-4H3;1-6H3,(H,11,12,13). The highest BCUT2D eigenvalue weighted by molar-refractivity contribution is 5.96. The molecule has 1 aromatic heterocycles. The Morgan fingerprint density at radius 1 is 0.786 bits per heavy atom. The Hall–Kier alpha value is -5.34. The monoisotopic (exact) mass is 786 g/mol. The smallest absolute Gasteiger partial charge is 0.443 e. The van der Waals surface area contributed by atoms with Crippen LogP contribution < -0.4 is 15.0 Å². The number of carbonyl (C=O) groups is 4. The molecular formula is C41H53F3N4O8. The van der Waals surface area contributed by atoms with Gasteiger partial charge >= 0.3 is 24.6 Å². The molecule has 1 aliphatic rings. The van der Waals surface area contributed by atoms with E-state index in [9.17, 15) is 32.3 Å². The summed E-state index contributed by atoms with van der Waals surface area (Å²) in [6, 6.07) is 15.2. The number of halogens is 3. The van der Waals surface area contributed by atoms with Gasteiger partial charge in [0.25, 0.3) is 5.91 Å². The molecule has 3 aromatic rings. The SMILES string of the molecule is CC(C)(C)OC(=O)NC(=O)OC(C)(C)C.Cc1cccc(C2CCN(C(=O)c3cncc(N(Cc4ccc(OC(F)(F)F)cc4)C(=O)OC(C)(C)C)c3)CC2)c1. The first-order valence-electron chi connectivity index (χ1n) is 18.2. The van der Waals surface area contributed by atoms with E-state index < -0.39 is 41.4 Å². The van der Waals surface area contributed by atoms with Crippen molar-refractivity contribution in [2.45, 2.75) is 118 Å². The molecule has 306 valence electrons. The summed E-state index contributed by atoms with van der Waals surface area (Å²) in [4.78, 5) is 56.2. The second-order valence-corrected chi connectivity index (χ2v) is 16.3. The predicted octanol–water partition coefficient (Wildman–Crippen LogP) is 9.70. The van der Waals surface area contributed by atoms with Crippen molar-refractivity contribution in [2.75, 3.05) is 18.0 Å². The summed E-state index contributed by atoms with van der Waals surface area (Å²) in [5.74, 6) is -0.163. The lowest BCUT2D eigenvalue weighted by atomic mass is 9.88. The highest BCUT2D eigenvalue weighted by atomic mass is 19.4. The van der Waals surface area contributed by atoms with Crippen molar-refractivity contribution in [3.8, 4) is 5.75 Å². The molecule has 4 rings (SSSR count). The molecule has 15 heteroatoms. The van der Waals surface area contributed by atoms with Crippen LogP contribution >= 0.6 is 0 Å². The highest BCUT2D eigenvalue weighted by Crippen LogP contribution is 2.30. The molecule has 0 unspecified atom stereocenters. The first-order valence-corrected chi connectivity index (χ1v) is 18.2. The predicted molar refractivity (Wildman–Crippen MR) is 204 cm³/mol. The maximum Gasteiger partial charge on any atom is 0.573 e. The van der Waals surface area contributed by atoms with Crippen LogP contribution in [0.25, 0.3) is 0 Å². The van der Waals surface area contributed by atoms with Crippen LogP contribution in [0, 0.1) is 6.92 Å². The molecule has 1 aliphatic heterocycles. The van der Waals surface area contributed by atoms with E-state index in [2.05, 4.69) is 40.9 Å². The highest BCUT2D eigenvalue weighted by Gasteiger charge is 2.31. The molecule has 12 nitrogen and oxygen atoms in total. The van der Waals surface area contributed by atoms with E-state index in [0.717, 1.165) is 12.8 Å². The Bertz CT molecular complexity index is 1780. The zero-order valence-corrected chi connectivity index (χ0v) is 33.7. The van der Waals surface area contributed by atoms with Gasteiger partial charge in [-0.25, -0.2) is 19.7 Å². The summed E-state index contributed by atoms with van der Waals surface area (Å²) in [5, 5.41) is 1.97. The Balaban J connectivity index is 0.000000475. The first kappa shape index (κ1) is 45.1. The molecule has 0 saturated carbocycles. The van der Waals surface area contributed by atoms with Gasteiger partial charge in [-0.15, -0.1) is 13.2 Å². The van der Waals surface area contributed by atoms with E-state index in [1.807, 2.05) is 5.32 Å². The largest absolute Gasteiger partial charge is 0.573 e. The van der Waals surface area contributed by atoms with E-state index in [-0.39, 0.29) is 18.2 Å². The third-order valence-electron chi connectivity index (χ3n) is 7.69. The third-order valence-corrected chi connectivity index (χ3v) is 7.69. The average Bonchev–Trinajstić information content (AvgIpc) is 3.05. The minimum Gasteiger partial charge on any atom is -0.443 e. The second-order valence-electron chi connectivity index (χ2n) is 16.3. The zero-order valence-electron chi connectivity index (χ0n) is 33.7. The maximum atomic E-state index is 13.4. The average molecular weight is 787 g/mol. The Labute approximate surface area is 326 Å². The number of aromatic nitrogens is 1. The number of carbonyl (C=O) groups excluding carboxylic acids is 4. The van der Waals surface area contributed by atoms with E-state index in [1.54, 1.807) is 73.3 Å². The van der Waals surface area contributed by atoms with Crippen LogP contribution in [-0.2, 0) is 20.8 Å². The molecular weight excluding hydrogens is 733 g/mol. The number of alkyl carbamates (subject to hydrolysis) is 2. The lowest BCUT2D eigenvalue weighted by molar-refractivity contribution is -0.274. The summed E-state index contributed by atoms with van der Waals surface area (Å²) < 4.78 is 56.9. The summed E-state index contributed by atoms with van der Waals surface area (Å²) >= 11 is 0. The summed E-state index contributed by atoms with van der Waals surface area (Å²) in [5.41, 5.74) is 1.62. The number of likely N-dealkylation sites (tertiary alicyclic amines) is 1. The number of ether oxygens (including phenoxy) is 4. The number of anilines is 1. The molecule has 2 aromatic carbocycles. The van der Waals surface area contributed by atoms with Gasteiger partial charge in [-0.05, 0) is 117 Å². The van der Waals surface area contributed by atoms with Crippen LogP contribution in [0.5, 0.6) is 5.75 Å². The van der Waals surface area contributed by atoms with Crippen molar-refractivity contribution in [1.82, 2.24) is 15.2 Å². The van der Waals surface area contributed by atoms with Crippen LogP contribution in [0.15, 0.2) is 67.0 Å². The minimum atomic E-state index is -4.81. The van der Waals surface area contributed by atoms with Gasteiger partial charge in [0, 0.05) is 19.3 Å². The summed E-state index contributed by atoms with van der Waals surface area (Å²) in [6.45, 7) is 18.7. The number of piperidine rings is 1. The number of nitrogens with one attached hydrogen (secondary N) is 1. The number of hydrogen-bond acceptors (Lipinski definition) is 9. The fraction of sp³-hybridized carbons (Fsp3) is 0.488. The van der Waals surface area contributed by atoms with Crippen molar-refractivity contribution in [3.63, 3.8) is 0 Å². The number of nitrogens with zero attached hydrogens (tertiary/aromatic N) is 3. The zero-order chi connectivity index (χ0) is 42.1. The van der Waals surface area contributed by atoms with Crippen molar-refractivity contribution >= 4 is 29.9 Å². The molecule has 0 bridgehead atoms. The van der Waals surface area contributed by atoms with Crippen molar-refractivity contribution in [1.29, 1.82) is 0 Å². The quantitative estimate of drug-likeness (QED) is 0.242. The van der Waals surface area contributed by atoms with Crippen LogP contribution in [-0.4, -0.2) is 70.3 Å². The van der Waals surface area contributed by atoms with Gasteiger partial charge in [-0.1, -0.05) is 42.0 Å². The number of benzene rings is 2. The minimum absolute atomic E-state index is 0.0254. The first-order chi connectivity index (χ1) is 25.8. The Morgan fingerprint density at radius 2 is 1.34 bits per heavy atom. The van der Waals surface area contributed by atoms with Gasteiger partial charge in [0.15, 0.2) is 0 Å².